The summed E-state index contributed by atoms with van der Waals surface area (Å²) < 4.78 is 0. The van der Waals surface area contributed by atoms with Crippen molar-refractivity contribution in [2.45, 2.75) is 71.6 Å². The fraction of sp³-hybridized carbons (Fsp3) is 0.842. The highest BCUT2D eigenvalue weighted by molar-refractivity contribution is 5.77. The van der Waals surface area contributed by atoms with Gasteiger partial charge >= 0.3 is 0 Å². The molecule has 0 atom stereocenters. The molecule has 0 aliphatic heterocycles. The molecule has 0 radical (unpaired) electrons. The number of nitrogens with one attached hydrogen (secondary N) is 1. The first-order valence-electron chi connectivity index (χ1n) is 9.49. The van der Waals surface area contributed by atoms with Gasteiger partial charge < -0.3 is 15.3 Å². The van der Waals surface area contributed by atoms with Gasteiger partial charge in [-0.15, -0.1) is 0 Å². The first-order chi connectivity index (χ1) is 11.2. The van der Waals surface area contributed by atoms with Crippen LogP contribution in [0.3, 0.4) is 0 Å². The Bertz CT molecular complexity index is 293. The molecule has 0 saturated heterocycles. The predicted octanol–water partition coefficient (Wildman–Crippen LogP) is 3.50. The van der Waals surface area contributed by atoms with E-state index in [-0.39, 0.29) is 5.91 Å². The highest BCUT2D eigenvalue weighted by Crippen LogP contribution is 2.07. The van der Waals surface area contributed by atoms with Gasteiger partial charge in [-0.1, -0.05) is 58.1 Å². The van der Waals surface area contributed by atoms with E-state index in [2.05, 4.69) is 24.1 Å². The molecule has 0 rings (SSSR count). The largest absolute Gasteiger partial charge is 0.396 e. The van der Waals surface area contributed by atoms with E-state index >= 15 is 0 Å². The van der Waals surface area contributed by atoms with Crippen LogP contribution in [0.2, 0.25) is 0 Å². The Morgan fingerprint density at radius 1 is 0.957 bits per heavy atom. The Morgan fingerprint density at radius 2 is 1.61 bits per heavy atom. The Kier molecular flexibility index (Phi) is 16.8. The number of aliphatic hydroxyl groups excluding tert-OH is 1. The molecule has 2 N–H and O–H groups in total. The lowest BCUT2D eigenvalue weighted by Gasteiger charge is -2.20. The second-order valence-corrected chi connectivity index (χ2v) is 6.07. The van der Waals surface area contributed by atoms with Crippen molar-refractivity contribution in [1.29, 1.82) is 0 Å². The van der Waals surface area contributed by atoms with Crippen molar-refractivity contribution >= 4 is 5.91 Å². The number of carbonyl (C=O) groups is 1. The van der Waals surface area contributed by atoms with Gasteiger partial charge in [0.2, 0.25) is 5.91 Å². The average Bonchev–Trinajstić information content (AvgIpc) is 2.55. The molecule has 0 fully saturated rings. The second kappa shape index (κ2) is 17.5. The van der Waals surface area contributed by atoms with E-state index in [0.29, 0.717) is 13.0 Å². The molecule has 23 heavy (non-hydrogen) atoms. The van der Waals surface area contributed by atoms with Crippen LogP contribution in [0.25, 0.3) is 0 Å². The highest BCUT2D eigenvalue weighted by atomic mass is 16.2. The summed E-state index contributed by atoms with van der Waals surface area (Å²) in [6.45, 7) is 8.44. The molecule has 0 spiro atoms. The van der Waals surface area contributed by atoms with Crippen molar-refractivity contribution in [3.63, 3.8) is 0 Å². The van der Waals surface area contributed by atoms with E-state index in [1.165, 1.54) is 32.1 Å². The number of carbonyl (C=O) groups excluding carboxylic acids is 1. The van der Waals surface area contributed by atoms with Gasteiger partial charge in [-0.25, -0.2) is 0 Å². The molecule has 0 aliphatic carbocycles. The van der Waals surface area contributed by atoms with Gasteiger partial charge in [0.25, 0.3) is 0 Å². The monoisotopic (exact) mass is 326 g/mol. The fourth-order valence-electron chi connectivity index (χ4n) is 2.54. The highest BCUT2D eigenvalue weighted by Gasteiger charge is 2.03. The van der Waals surface area contributed by atoms with Gasteiger partial charge in [-0.2, -0.15) is 0 Å². The fourth-order valence-corrected chi connectivity index (χ4v) is 2.54. The molecule has 136 valence electrons. The molecule has 0 heterocycles. The lowest BCUT2D eigenvalue weighted by molar-refractivity contribution is -0.120. The van der Waals surface area contributed by atoms with Crippen LogP contribution < -0.4 is 5.32 Å². The Morgan fingerprint density at radius 3 is 2.22 bits per heavy atom. The number of amides is 1. The van der Waals surface area contributed by atoms with Gasteiger partial charge in [0.15, 0.2) is 0 Å². The number of rotatable bonds is 16. The van der Waals surface area contributed by atoms with E-state index < -0.39 is 0 Å². The summed E-state index contributed by atoms with van der Waals surface area (Å²) in [5.41, 5.74) is 0. The minimum atomic E-state index is 0.119. The Balaban J connectivity index is 3.51. The van der Waals surface area contributed by atoms with E-state index in [9.17, 15) is 4.79 Å². The van der Waals surface area contributed by atoms with Crippen molar-refractivity contribution < 1.29 is 9.90 Å². The van der Waals surface area contributed by atoms with Crippen molar-refractivity contribution in [2.24, 2.45) is 0 Å². The molecule has 1 amide bonds. The van der Waals surface area contributed by atoms with Gasteiger partial charge in [0.05, 0.1) is 0 Å². The third kappa shape index (κ3) is 15.8. The molecule has 0 aromatic carbocycles. The van der Waals surface area contributed by atoms with Crippen LogP contribution in [0.15, 0.2) is 12.2 Å². The molecular weight excluding hydrogens is 288 g/mol. The Labute approximate surface area is 143 Å². The van der Waals surface area contributed by atoms with Crippen molar-refractivity contribution in [1.82, 2.24) is 10.2 Å². The molecule has 0 aromatic heterocycles. The molecule has 0 saturated carbocycles. The second-order valence-electron chi connectivity index (χ2n) is 6.07. The van der Waals surface area contributed by atoms with Crippen LogP contribution in [-0.4, -0.2) is 48.7 Å². The summed E-state index contributed by atoms with van der Waals surface area (Å²) in [5.74, 6) is 0.119. The lowest BCUT2D eigenvalue weighted by atomic mass is 10.1. The van der Waals surface area contributed by atoms with Crippen molar-refractivity contribution in [3.8, 4) is 0 Å². The zero-order valence-corrected chi connectivity index (χ0v) is 15.4. The zero-order valence-electron chi connectivity index (χ0n) is 15.4. The first-order valence-corrected chi connectivity index (χ1v) is 9.49. The molecule has 4 heteroatoms. The summed E-state index contributed by atoms with van der Waals surface area (Å²) in [5, 5.41) is 11.7. The van der Waals surface area contributed by atoms with E-state index in [0.717, 1.165) is 45.4 Å². The molecule has 0 bridgehead atoms. The predicted molar refractivity (Wildman–Crippen MR) is 98.6 cm³/mol. The zero-order chi connectivity index (χ0) is 17.2. The normalized spacial score (nSPS) is 11.5. The SMILES string of the molecule is CC/C=C/CC(=O)NCCN(CC)CCCCCCCCCO. The molecule has 4 nitrogen and oxygen atoms in total. The topological polar surface area (TPSA) is 52.6 Å². The van der Waals surface area contributed by atoms with Gasteiger partial charge in [-0.3, -0.25) is 4.79 Å². The van der Waals surface area contributed by atoms with E-state index in [1.54, 1.807) is 0 Å². The van der Waals surface area contributed by atoms with Crippen LogP contribution in [0.4, 0.5) is 0 Å². The van der Waals surface area contributed by atoms with Crippen LogP contribution in [-0.2, 0) is 4.79 Å². The number of nitrogens with zero attached hydrogens (tertiary/aromatic N) is 1. The average molecular weight is 327 g/mol. The summed E-state index contributed by atoms with van der Waals surface area (Å²) >= 11 is 0. The van der Waals surface area contributed by atoms with Gasteiger partial charge in [0, 0.05) is 26.1 Å². The molecule has 0 aromatic rings. The summed E-state index contributed by atoms with van der Waals surface area (Å²) in [7, 11) is 0. The Hall–Kier alpha value is -0.870. The summed E-state index contributed by atoms with van der Waals surface area (Å²) in [4.78, 5) is 14.0. The summed E-state index contributed by atoms with van der Waals surface area (Å²) in [6.07, 6.45) is 13.9. The van der Waals surface area contributed by atoms with Gasteiger partial charge in [-0.05, 0) is 32.4 Å². The maximum atomic E-state index is 11.6. The third-order valence-corrected chi connectivity index (χ3v) is 4.04. The smallest absolute Gasteiger partial charge is 0.223 e. The minimum Gasteiger partial charge on any atom is -0.396 e. The molecule has 0 unspecified atom stereocenters. The van der Waals surface area contributed by atoms with Crippen molar-refractivity contribution in [3.05, 3.63) is 12.2 Å². The number of aliphatic hydroxyl groups is 1. The first kappa shape index (κ1) is 22.1. The quantitative estimate of drug-likeness (QED) is 0.337. The van der Waals surface area contributed by atoms with Crippen LogP contribution in [0.1, 0.15) is 71.6 Å². The van der Waals surface area contributed by atoms with Gasteiger partial charge in [0.1, 0.15) is 0 Å². The number of unbranched alkanes of at least 4 members (excludes halogenated alkanes) is 6. The third-order valence-electron chi connectivity index (χ3n) is 4.04. The number of likely N-dealkylation sites (N-methyl/N-ethyl adjacent to an activating group) is 1. The van der Waals surface area contributed by atoms with Crippen LogP contribution >= 0.6 is 0 Å². The number of hydrogen-bond acceptors (Lipinski definition) is 3. The lowest BCUT2D eigenvalue weighted by Crippen LogP contribution is -2.35. The maximum absolute atomic E-state index is 11.6. The van der Waals surface area contributed by atoms with E-state index in [1.807, 2.05) is 12.2 Å². The van der Waals surface area contributed by atoms with E-state index in [4.69, 9.17) is 5.11 Å². The maximum Gasteiger partial charge on any atom is 0.223 e. The number of hydrogen-bond donors (Lipinski definition) is 2. The minimum absolute atomic E-state index is 0.119. The van der Waals surface area contributed by atoms with Crippen LogP contribution in [0, 0.1) is 0 Å². The molecular formula is C19H38N2O2. The number of allylic oxidation sites excluding steroid dienone is 1. The van der Waals surface area contributed by atoms with Crippen molar-refractivity contribution in [2.75, 3.05) is 32.8 Å². The molecule has 0 aliphatic rings. The van der Waals surface area contributed by atoms with Crippen LogP contribution in [0.5, 0.6) is 0 Å². The standard InChI is InChI=1S/C19H38N2O2/c1-3-5-11-14-19(23)20-15-17-21(4-2)16-12-9-7-6-8-10-13-18-22/h5,11,22H,3-4,6-10,12-18H2,1-2H3,(H,20,23)/b11-5+. The summed E-state index contributed by atoms with van der Waals surface area (Å²) in [6, 6.07) is 0.